The van der Waals surface area contributed by atoms with Crippen molar-refractivity contribution in [3.8, 4) is 11.6 Å². The molecule has 132 valence electrons. The van der Waals surface area contributed by atoms with E-state index in [0.717, 1.165) is 37.6 Å². The lowest BCUT2D eigenvalue weighted by molar-refractivity contribution is 0.322. The van der Waals surface area contributed by atoms with Crippen LogP contribution in [-0.4, -0.2) is 31.4 Å². The molecule has 8 nitrogen and oxygen atoms in total. The number of furan rings is 1. The number of hydrogen-bond acceptors (Lipinski definition) is 7. The van der Waals surface area contributed by atoms with Gasteiger partial charge in [0.1, 0.15) is 11.6 Å². The van der Waals surface area contributed by atoms with Gasteiger partial charge in [0.25, 0.3) is 0 Å². The normalized spacial score (nSPS) is 17.2. The maximum absolute atomic E-state index is 5.27. The van der Waals surface area contributed by atoms with Gasteiger partial charge in [-0.3, -0.25) is 0 Å². The minimum Gasteiger partial charge on any atom is -0.461 e. The van der Waals surface area contributed by atoms with Crippen LogP contribution >= 0.6 is 0 Å². The summed E-state index contributed by atoms with van der Waals surface area (Å²) in [7, 11) is 0. The molecule has 0 spiro atoms. The molecule has 0 aromatic carbocycles. The van der Waals surface area contributed by atoms with Crippen molar-refractivity contribution in [1.82, 2.24) is 30.2 Å². The lowest BCUT2D eigenvalue weighted by Gasteiger charge is -2.25. The minimum absolute atomic E-state index is 0.395. The van der Waals surface area contributed by atoms with Crippen molar-refractivity contribution < 1.29 is 8.94 Å². The van der Waals surface area contributed by atoms with E-state index < -0.39 is 0 Å². The van der Waals surface area contributed by atoms with Crippen LogP contribution in [0.25, 0.3) is 11.6 Å². The van der Waals surface area contributed by atoms with E-state index in [1.54, 1.807) is 12.3 Å². The lowest BCUT2D eigenvalue weighted by Crippen LogP contribution is -2.30. The second-order valence-electron chi connectivity index (χ2n) is 6.76. The van der Waals surface area contributed by atoms with Crippen molar-refractivity contribution in [2.75, 3.05) is 6.54 Å². The Kier molecular flexibility index (Phi) is 4.35. The number of fused-ring (bicyclic) bond motifs is 1. The fourth-order valence-corrected chi connectivity index (χ4v) is 3.23. The Bertz CT molecular complexity index is 820. The van der Waals surface area contributed by atoms with Gasteiger partial charge < -0.3 is 18.8 Å². The van der Waals surface area contributed by atoms with Gasteiger partial charge in [-0.2, -0.15) is 4.98 Å². The average molecular weight is 342 g/mol. The molecule has 4 heterocycles. The van der Waals surface area contributed by atoms with Crippen LogP contribution in [0.5, 0.6) is 0 Å². The predicted molar refractivity (Wildman–Crippen MR) is 89.6 cm³/mol. The zero-order chi connectivity index (χ0) is 17.2. The lowest BCUT2D eigenvalue weighted by atomic mass is 9.98. The second kappa shape index (κ2) is 6.79. The third-order valence-corrected chi connectivity index (χ3v) is 4.51. The summed E-state index contributed by atoms with van der Waals surface area (Å²) in [6.07, 6.45) is 3.69. The van der Waals surface area contributed by atoms with E-state index in [0.29, 0.717) is 35.9 Å². The molecular weight excluding hydrogens is 320 g/mol. The molecule has 8 heteroatoms. The van der Waals surface area contributed by atoms with Gasteiger partial charge in [0, 0.05) is 25.4 Å². The van der Waals surface area contributed by atoms with E-state index in [1.165, 1.54) is 0 Å². The van der Waals surface area contributed by atoms with Gasteiger partial charge in [-0.1, -0.05) is 19.0 Å². The molecule has 25 heavy (non-hydrogen) atoms. The van der Waals surface area contributed by atoms with Gasteiger partial charge in [0.2, 0.25) is 11.7 Å². The number of rotatable bonds is 6. The first-order valence-electron chi connectivity index (χ1n) is 8.70. The SMILES string of the molecule is CC(C)c1nnc2n1CC(CNCc1nc(-c3ccco3)no1)CC2. The molecule has 0 fully saturated rings. The Labute approximate surface area is 145 Å². The second-order valence-corrected chi connectivity index (χ2v) is 6.76. The minimum atomic E-state index is 0.395. The molecule has 1 atom stereocenters. The summed E-state index contributed by atoms with van der Waals surface area (Å²) in [6.45, 7) is 6.73. The largest absolute Gasteiger partial charge is 0.461 e. The van der Waals surface area contributed by atoms with E-state index in [9.17, 15) is 0 Å². The molecule has 4 rings (SSSR count). The molecule has 0 bridgehead atoms. The van der Waals surface area contributed by atoms with Crippen molar-refractivity contribution in [2.24, 2.45) is 5.92 Å². The summed E-state index contributed by atoms with van der Waals surface area (Å²) >= 11 is 0. The third-order valence-electron chi connectivity index (χ3n) is 4.51. The maximum Gasteiger partial charge on any atom is 0.241 e. The number of nitrogens with zero attached hydrogens (tertiary/aromatic N) is 5. The van der Waals surface area contributed by atoms with Crippen LogP contribution < -0.4 is 5.32 Å². The van der Waals surface area contributed by atoms with Crippen LogP contribution in [0.3, 0.4) is 0 Å². The first-order valence-corrected chi connectivity index (χ1v) is 8.70. The van der Waals surface area contributed by atoms with Crippen molar-refractivity contribution >= 4 is 0 Å². The van der Waals surface area contributed by atoms with E-state index >= 15 is 0 Å². The zero-order valence-corrected chi connectivity index (χ0v) is 14.5. The highest BCUT2D eigenvalue weighted by Crippen LogP contribution is 2.23. The van der Waals surface area contributed by atoms with Crippen LogP contribution in [0.15, 0.2) is 27.3 Å². The number of hydrogen-bond donors (Lipinski definition) is 1. The van der Waals surface area contributed by atoms with Crippen LogP contribution in [0.4, 0.5) is 0 Å². The first-order chi connectivity index (χ1) is 12.2. The molecule has 0 aliphatic carbocycles. The van der Waals surface area contributed by atoms with Crippen LogP contribution in [0.2, 0.25) is 0 Å². The van der Waals surface area contributed by atoms with E-state index in [-0.39, 0.29) is 0 Å². The van der Waals surface area contributed by atoms with Gasteiger partial charge in [-0.15, -0.1) is 10.2 Å². The Morgan fingerprint density at radius 2 is 2.28 bits per heavy atom. The molecule has 1 N–H and O–H groups in total. The smallest absolute Gasteiger partial charge is 0.241 e. The topological polar surface area (TPSA) is 94.8 Å². The molecule has 3 aromatic heterocycles. The summed E-state index contributed by atoms with van der Waals surface area (Å²) in [5.74, 6) is 4.80. The average Bonchev–Trinajstić information content (AvgIpc) is 3.34. The monoisotopic (exact) mass is 342 g/mol. The molecule has 1 aliphatic rings. The summed E-state index contributed by atoms with van der Waals surface area (Å²) in [5.41, 5.74) is 0. The molecule has 3 aromatic rings. The van der Waals surface area contributed by atoms with Crippen LogP contribution in [0.1, 0.15) is 43.7 Å². The van der Waals surface area contributed by atoms with E-state index in [1.807, 2.05) is 6.07 Å². The van der Waals surface area contributed by atoms with E-state index in [2.05, 4.69) is 44.1 Å². The fourth-order valence-electron chi connectivity index (χ4n) is 3.23. The first kappa shape index (κ1) is 16.0. The molecule has 0 radical (unpaired) electrons. The molecule has 1 unspecified atom stereocenters. The number of aryl methyl sites for hydroxylation is 1. The van der Waals surface area contributed by atoms with Crippen LogP contribution in [-0.2, 0) is 19.5 Å². The zero-order valence-electron chi connectivity index (χ0n) is 14.5. The highest BCUT2D eigenvalue weighted by atomic mass is 16.5. The quantitative estimate of drug-likeness (QED) is 0.735. The van der Waals surface area contributed by atoms with Gasteiger partial charge in [-0.25, -0.2) is 0 Å². The van der Waals surface area contributed by atoms with Crippen molar-refractivity contribution in [3.63, 3.8) is 0 Å². The Morgan fingerprint density at radius 3 is 3.08 bits per heavy atom. The Hall–Kier alpha value is -2.48. The van der Waals surface area contributed by atoms with Crippen molar-refractivity contribution in [3.05, 3.63) is 35.9 Å². The maximum atomic E-state index is 5.27. The molecule has 0 saturated heterocycles. The van der Waals surface area contributed by atoms with Crippen molar-refractivity contribution in [2.45, 2.75) is 45.7 Å². The predicted octanol–water partition coefficient (Wildman–Crippen LogP) is 2.40. The standard InChI is InChI=1S/C17H22N6O2/c1-11(2)17-21-20-14-6-5-12(10-23(14)17)8-18-9-15-19-16(22-25-15)13-4-3-7-24-13/h3-4,7,11-12,18H,5-6,8-10H2,1-2H3. The van der Waals surface area contributed by atoms with Crippen LogP contribution in [0, 0.1) is 5.92 Å². The Balaban J connectivity index is 1.31. The molecule has 0 amide bonds. The fraction of sp³-hybridized carbons (Fsp3) is 0.529. The summed E-state index contributed by atoms with van der Waals surface area (Å²) in [6, 6.07) is 3.62. The third kappa shape index (κ3) is 3.34. The number of nitrogens with one attached hydrogen (secondary N) is 1. The summed E-state index contributed by atoms with van der Waals surface area (Å²) < 4.78 is 12.8. The molecule has 0 saturated carbocycles. The van der Waals surface area contributed by atoms with Gasteiger partial charge in [0.15, 0.2) is 5.76 Å². The summed E-state index contributed by atoms with van der Waals surface area (Å²) in [4.78, 5) is 4.34. The molecule has 1 aliphatic heterocycles. The Morgan fingerprint density at radius 1 is 1.36 bits per heavy atom. The van der Waals surface area contributed by atoms with Gasteiger partial charge in [0.05, 0.1) is 12.8 Å². The van der Waals surface area contributed by atoms with Crippen molar-refractivity contribution in [1.29, 1.82) is 0 Å². The highest BCUT2D eigenvalue weighted by molar-refractivity contribution is 5.44. The molecular formula is C17H22N6O2. The highest BCUT2D eigenvalue weighted by Gasteiger charge is 2.23. The summed E-state index contributed by atoms with van der Waals surface area (Å²) in [5, 5.41) is 16.0. The van der Waals surface area contributed by atoms with Gasteiger partial charge in [-0.05, 0) is 24.5 Å². The van der Waals surface area contributed by atoms with E-state index in [4.69, 9.17) is 8.94 Å². The van der Waals surface area contributed by atoms with Gasteiger partial charge >= 0.3 is 0 Å². The number of aromatic nitrogens is 5.